The number of imide groups is 1. The Morgan fingerprint density at radius 3 is 2.31 bits per heavy atom. The third kappa shape index (κ3) is 9.84. The van der Waals surface area contributed by atoms with Crippen LogP contribution in [0.2, 0.25) is 0 Å². The lowest BCUT2D eigenvalue weighted by molar-refractivity contribution is -0.157. The Morgan fingerprint density at radius 2 is 1.59 bits per heavy atom. The molecule has 0 unspecified atom stereocenters. The molecule has 2 aromatic carbocycles. The number of benzene rings is 2. The summed E-state index contributed by atoms with van der Waals surface area (Å²) in [6.45, 7) is 4.19. The van der Waals surface area contributed by atoms with Gasteiger partial charge in [0.05, 0.1) is 35.6 Å². The smallest absolute Gasteiger partial charge is 0.407 e. The van der Waals surface area contributed by atoms with Gasteiger partial charge in [-0.2, -0.15) is 0 Å². The van der Waals surface area contributed by atoms with Gasteiger partial charge in [0.15, 0.2) is 17.6 Å². The first-order valence-corrected chi connectivity index (χ1v) is 21.6. The fourth-order valence-electron chi connectivity index (χ4n) is 8.08. The molecule has 6 N–H and O–H groups in total. The van der Waals surface area contributed by atoms with Crippen molar-refractivity contribution in [3.63, 3.8) is 0 Å². The Bertz CT molecular complexity index is 2860. The maximum atomic E-state index is 13.6. The molecule has 7 amide bonds. The number of aromatic nitrogens is 2. The number of amides is 7. The maximum absolute atomic E-state index is 13.6. The lowest BCUT2D eigenvalue weighted by atomic mass is 9.98. The molecule has 4 aliphatic heterocycles. The summed E-state index contributed by atoms with van der Waals surface area (Å²) < 4.78 is 23.2. The number of esters is 1. The summed E-state index contributed by atoms with van der Waals surface area (Å²) in [6, 6.07) is 9.35. The molecule has 4 aliphatic rings. The Balaban J connectivity index is 0.819. The minimum absolute atomic E-state index is 0.0145. The molecule has 6 heterocycles. The van der Waals surface area contributed by atoms with Gasteiger partial charge in [0.1, 0.15) is 25.3 Å². The average molecular weight is 935 g/mol. The zero-order chi connectivity index (χ0) is 48.4. The predicted octanol–water partition coefficient (Wildman–Crippen LogP) is 1.08. The molecule has 0 bridgehead atoms. The quantitative estimate of drug-likeness (QED) is 0.0596. The maximum Gasteiger partial charge on any atom is 0.407 e. The molecule has 0 spiro atoms. The molecular weight excluding hydrogens is 889 g/mol. The van der Waals surface area contributed by atoms with Gasteiger partial charge < -0.3 is 55.2 Å². The summed E-state index contributed by atoms with van der Waals surface area (Å²) in [6.07, 6.45) is -0.129. The van der Waals surface area contributed by atoms with Crippen molar-refractivity contribution in [2.45, 2.75) is 78.1 Å². The van der Waals surface area contributed by atoms with E-state index in [-0.39, 0.29) is 69.5 Å². The van der Waals surface area contributed by atoms with Crippen LogP contribution in [0.3, 0.4) is 0 Å². The van der Waals surface area contributed by atoms with Crippen molar-refractivity contribution in [2.75, 3.05) is 25.2 Å². The van der Waals surface area contributed by atoms with Crippen molar-refractivity contribution in [2.24, 2.45) is 5.92 Å². The van der Waals surface area contributed by atoms with Crippen molar-refractivity contribution in [3.8, 4) is 22.9 Å². The van der Waals surface area contributed by atoms with Crippen LogP contribution >= 0.6 is 0 Å². The van der Waals surface area contributed by atoms with Crippen molar-refractivity contribution >= 4 is 64.1 Å². The number of ether oxygens (including phenoxy) is 4. The molecule has 3 atom stereocenters. The highest BCUT2D eigenvalue weighted by Crippen LogP contribution is 2.42. The van der Waals surface area contributed by atoms with Crippen LogP contribution in [0.15, 0.2) is 59.4 Å². The largest absolute Gasteiger partial charge is 0.458 e. The molecule has 22 heteroatoms. The Labute approximate surface area is 386 Å². The van der Waals surface area contributed by atoms with Crippen LogP contribution in [-0.2, 0) is 69.3 Å². The molecule has 22 nitrogen and oxygen atoms in total. The first kappa shape index (κ1) is 46.4. The van der Waals surface area contributed by atoms with E-state index in [1.807, 2.05) is 13.8 Å². The van der Waals surface area contributed by atoms with E-state index in [0.717, 1.165) is 17.1 Å². The minimum atomic E-state index is -1.62. The SMILES string of the molecule is CC(C)C[C@@H](NC(=O)CCN1C(=O)C=CC1=O)C(=O)N[C@@H](C)C(=O)NCC(=O)Nc1ccc(COC(=O)NCc2c3c(nc4cc5c(cc24)OCO5)-c2cc4c(c(=O)n2C3)COC(=O)[C@H]4O)cc1. The van der Waals surface area contributed by atoms with Gasteiger partial charge in [-0.15, -0.1) is 0 Å². The predicted molar refractivity (Wildman–Crippen MR) is 236 cm³/mol. The van der Waals surface area contributed by atoms with E-state index in [1.54, 1.807) is 42.5 Å². The molecule has 8 rings (SSSR count). The standard InChI is InChI=1S/C46H46N8O14/c1-22(2)12-32(51-36(55)10-11-53-38(57)8-9-39(53)58)43(61)49-23(3)42(60)47-17-37(56)50-25-6-4-24(5-7-25)19-66-46(64)48-16-28-26-14-34-35(68-21-67-34)15-31(26)52-40-29(28)18-54-33(40)13-27-30(44(54)62)20-65-45(63)41(27)59/h4-9,13-15,22-23,32,41,59H,10-12,16-21H2,1-3H3,(H,47,60)(H,48,64)(H,49,61)(H,50,56)(H,51,55)/t23-,32+,41-/m0/s1. The molecule has 0 saturated heterocycles. The van der Waals surface area contributed by atoms with Gasteiger partial charge in [-0.25, -0.2) is 14.6 Å². The van der Waals surface area contributed by atoms with E-state index in [9.17, 15) is 48.3 Å². The van der Waals surface area contributed by atoms with Crippen molar-refractivity contribution in [1.82, 2.24) is 35.7 Å². The number of pyridine rings is 2. The molecule has 0 aliphatic carbocycles. The van der Waals surface area contributed by atoms with Gasteiger partial charge in [0.2, 0.25) is 30.4 Å². The number of nitrogens with zero attached hydrogens (tertiary/aromatic N) is 3. The molecule has 2 aromatic heterocycles. The minimum Gasteiger partial charge on any atom is -0.458 e. The van der Waals surface area contributed by atoms with Crippen molar-refractivity contribution in [3.05, 3.63) is 92.8 Å². The Morgan fingerprint density at radius 1 is 0.868 bits per heavy atom. The van der Waals surface area contributed by atoms with Crippen LogP contribution in [0.5, 0.6) is 11.5 Å². The van der Waals surface area contributed by atoms with Crippen LogP contribution in [0, 0.1) is 5.92 Å². The van der Waals surface area contributed by atoms with E-state index in [1.165, 1.54) is 11.5 Å². The molecular formula is C46H46N8O14. The number of aliphatic hydroxyl groups is 1. The van der Waals surface area contributed by atoms with Crippen LogP contribution in [-0.4, -0.2) is 99.0 Å². The summed E-state index contributed by atoms with van der Waals surface area (Å²) in [5, 5.41) is 24.2. The summed E-state index contributed by atoms with van der Waals surface area (Å²) >= 11 is 0. The van der Waals surface area contributed by atoms with E-state index in [0.29, 0.717) is 56.2 Å². The van der Waals surface area contributed by atoms with E-state index < -0.39 is 77.8 Å². The summed E-state index contributed by atoms with van der Waals surface area (Å²) in [7, 11) is 0. The number of carbonyl (C=O) groups is 8. The molecule has 354 valence electrons. The van der Waals surface area contributed by atoms with E-state index >= 15 is 0 Å². The van der Waals surface area contributed by atoms with Crippen LogP contribution in [0.1, 0.15) is 67.5 Å². The van der Waals surface area contributed by atoms with Gasteiger partial charge in [0, 0.05) is 59.9 Å². The van der Waals surface area contributed by atoms with Crippen molar-refractivity contribution in [1.29, 1.82) is 0 Å². The van der Waals surface area contributed by atoms with E-state index in [2.05, 4.69) is 26.6 Å². The lowest BCUT2D eigenvalue weighted by Gasteiger charge is -2.23. The molecule has 4 aromatic rings. The van der Waals surface area contributed by atoms with Crippen LogP contribution in [0.4, 0.5) is 10.5 Å². The third-order valence-electron chi connectivity index (χ3n) is 11.6. The molecule has 68 heavy (non-hydrogen) atoms. The number of rotatable bonds is 16. The number of aliphatic hydroxyl groups excluding tert-OH is 1. The second kappa shape index (κ2) is 19.4. The zero-order valence-electron chi connectivity index (χ0n) is 37.0. The number of nitrogens with one attached hydrogen (secondary N) is 5. The number of cyclic esters (lactones) is 1. The number of fused-ring (bicyclic) bond motifs is 6. The average Bonchev–Trinajstić information content (AvgIpc) is 4.02. The summed E-state index contributed by atoms with van der Waals surface area (Å²) in [4.78, 5) is 119. The Kier molecular flexibility index (Phi) is 13.2. The highest BCUT2D eigenvalue weighted by atomic mass is 16.7. The lowest BCUT2D eigenvalue weighted by Crippen LogP contribution is -2.53. The third-order valence-corrected chi connectivity index (χ3v) is 11.6. The number of alkyl carbamates (subject to hydrolysis) is 1. The Hall–Kier alpha value is -8.14. The number of carbonyl (C=O) groups excluding carboxylic acids is 8. The highest BCUT2D eigenvalue weighted by molar-refractivity contribution is 6.13. The second-order valence-corrected chi connectivity index (χ2v) is 16.8. The van der Waals surface area contributed by atoms with Crippen LogP contribution < -0.4 is 41.6 Å². The van der Waals surface area contributed by atoms with Gasteiger partial charge in [0.25, 0.3) is 17.4 Å². The van der Waals surface area contributed by atoms with Gasteiger partial charge in [-0.1, -0.05) is 26.0 Å². The number of anilines is 1. The zero-order valence-corrected chi connectivity index (χ0v) is 37.0. The van der Waals surface area contributed by atoms with Gasteiger partial charge >= 0.3 is 12.1 Å². The fourth-order valence-corrected chi connectivity index (χ4v) is 8.08. The van der Waals surface area contributed by atoms with Gasteiger partial charge in [-0.05, 0) is 54.7 Å². The molecule has 0 fully saturated rings. The number of hydrogen-bond acceptors (Lipinski definition) is 15. The second-order valence-electron chi connectivity index (χ2n) is 16.8. The first-order chi connectivity index (χ1) is 32.5. The van der Waals surface area contributed by atoms with Gasteiger partial charge in [-0.3, -0.25) is 38.5 Å². The highest BCUT2D eigenvalue weighted by Gasteiger charge is 2.35. The number of hydrogen-bond donors (Lipinski definition) is 6. The van der Waals surface area contributed by atoms with Crippen molar-refractivity contribution < 1.29 is 62.4 Å². The molecule has 0 radical (unpaired) electrons. The molecule has 0 saturated carbocycles. The first-order valence-electron chi connectivity index (χ1n) is 21.6. The topological polar surface area (TPSA) is 292 Å². The van der Waals surface area contributed by atoms with Crippen LogP contribution in [0.25, 0.3) is 22.3 Å². The summed E-state index contributed by atoms with van der Waals surface area (Å²) in [5.74, 6) is -3.39. The van der Waals surface area contributed by atoms with E-state index in [4.69, 9.17) is 23.9 Å². The summed E-state index contributed by atoms with van der Waals surface area (Å²) in [5.41, 5.74) is 3.43. The fraction of sp³-hybridized carbons (Fsp3) is 0.348. The monoisotopic (exact) mass is 934 g/mol. The normalized spacial score (nSPS) is 16.1.